The molecule has 0 spiro atoms. The molecule has 0 amide bonds. The summed E-state index contributed by atoms with van der Waals surface area (Å²) in [6, 6.07) is 1.97. The van der Waals surface area contributed by atoms with Crippen molar-refractivity contribution in [2.24, 2.45) is 0 Å². The zero-order chi connectivity index (χ0) is 10.8. The van der Waals surface area contributed by atoms with Crippen molar-refractivity contribution in [1.29, 1.82) is 5.26 Å². The molecule has 0 aromatic carbocycles. The minimum Gasteiger partial charge on any atom is -0.478 e. The van der Waals surface area contributed by atoms with Crippen LogP contribution in [-0.4, -0.2) is 21.3 Å². The van der Waals surface area contributed by atoms with Crippen LogP contribution in [0.4, 0.5) is 0 Å². The van der Waals surface area contributed by atoms with Crippen molar-refractivity contribution in [2.75, 3.05) is 0 Å². The molecule has 5 nitrogen and oxygen atoms in total. The monoisotopic (exact) mass is 219 g/mol. The molecule has 2 aromatic heterocycles. The molecule has 0 saturated heterocycles. The van der Waals surface area contributed by atoms with E-state index in [0.29, 0.717) is 16.0 Å². The first-order valence-electron chi connectivity index (χ1n) is 3.98. The molecular formula is C9H5N3O2S. The lowest BCUT2D eigenvalue weighted by molar-refractivity contribution is 0.0698. The van der Waals surface area contributed by atoms with Crippen molar-refractivity contribution in [1.82, 2.24) is 10.2 Å². The number of nitrogens with one attached hydrogen (secondary N) is 1. The van der Waals surface area contributed by atoms with Crippen molar-refractivity contribution in [3.05, 3.63) is 28.2 Å². The summed E-state index contributed by atoms with van der Waals surface area (Å²) in [5, 5.41) is 25.6. The second-order valence-electron chi connectivity index (χ2n) is 2.76. The normalized spacial score (nSPS) is 9.80. The fraction of sp³-hybridized carbons (Fsp3) is 0. The molecule has 0 aliphatic carbocycles. The van der Waals surface area contributed by atoms with Crippen LogP contribution >= 0.6 is 11.3 Å². The van der Waals surface area contributed by atoms with Gasteiger partial charge < -0.3 is 5.11 Å². The second-order valence-corrected chi connectivity index (χ2v) is 3.64. The topological polar surface area (TPSA) is 89.8 Å². The van der Waals surface area contributed by atoms with E-state index < -0.39 is 5.97 Å². The van der Waals surface area contributed by atoms with Gasteiger partial charge in [0.2, 0.25) is 0 Å². The third-order valence-corrected chi connectivity index (χ3v) is 2.79. The molecule has 0 unspecified atom stereocenters. The molecule has 0 aliphatic heterocycles. The number of H-pyrrole nitrogens is 1. The van der Waals surface area contributed by atoms with Crippen molar-refractivity contribution in [2.45, 2.75) is 0 Å². The maximum Gasteiger partial charge on any atom is 0.337 e. The quantitative estimate of drug-likeness (QED) is 0.804. The van der Waals surface area contributed by atoms with E-state index >= 15 is 0 Å². The highest BCUT2D eigenvalue weighted by atomic mass is 32.1. The standard InChI is InChI=1S/C9H5N3O2S/c10-1-7-8(5-2-11-12-3-5)6(4-15-7)9(13)14/h2-4H,(H,11,12)(H,13,14). The highest BCUT2D eigenvalue weighted by Gasteiger charge is 2.18. The zero-order valence-electron chi connectivity index (χ0n) is 7.39. The van der Waals surface area contributed by atoms with E-state index in [9.17, 15) is 4.79 Å². The molecule has 0 aliphatic rings. The lowest BCUT2D eigenvalue weighted by atomic mass is 10.1. The Morgan fingerprint density at radius 3 is 3.00 bits per heavy atom. The molecule has 15 heavy (non-hydrogen) atoms. The highest BCUT2D eigenvalue weighted by molar-refractivity contribution is 7.11. The van der Waals surface area contributed by atoms with E-state index in [2.05, 4.69) is 10.2 Å². The number of carboxylic acid groups (broad SMARTS) is 1. The number of nitriles is 1. The summed E-state index contributed by atoms with van der Waals surface area (Å²) < 4.78 is 0. The molecule has 2 rings (SSSR count). The Morgan fingerprint density at radius 2 is 2.47 bits per heavy atom. The fourth-order valence-electron chi connectivity index (χ4n) is 1.27. The number of hydrogen-bond donors (Lipinski definition) is 2. The molecule has 0 radical (unpaired) electrons. The molecule has 74 valence electrons. The van der Waals surface area contributed by atoms with E-state index in [1.807, 2.05) is 6.07 Å². The Bertz CT molecular complexity index is 536. The van der Waals surface area contributed by atoms with E-state index in [0.717, 1.165) is 11.3 Å². The molecule has 0 atom stereocenters. The zero-order valence-corrected chi connectivity index (χ0v) is 8.21. The average Bonchev–Trinajstić information content (AvgIpc) is 2.85. The van der Waals surface area contributed by atoms with Gasteiger partial charge in [0.1, 0.15) is 10.9 Å². The first-order chi connectivity index (χ1) is 7.24. The minimum atomic E-state index is -1.04. The first-order valence-corrected chi connectivity index (χ1v) is 4.86. The molecule has 2 aromatic rings. The molecule has 2 heterocycles. The van der Waals surface area contributed by atoms with Gasteiger partial charge in [-0.3, -0.25) is 5.10 Å². The third kappa shape index (κ3) is 1.49. The Kier molecular flexibility index (Phi) is 2.23. The Hall–Kier alpha value is -2.13. The van der Waals surface area contributed by atoms with Crippen LogP contribution in [0.25, 0.3) is 11.1 Å². The van der Waals surface area contributed by atoms with Crippen molar-refractivity contribution in [3.8, 4) is 17.2 Å². The maximum atomic E-state index is 10.9. The summed E-state index contributed by atoms with van der Waals surface area (Å²) in [6.07, 6.45) is 3.06. The number of carboxylic acids is 1. The van der Waals surface area contributed by atoms with E-state index in [-0.39, 0.29) is 5.56 Å². The highest BCUT2D eigenvalue weighted by Crippen LogP contribution is 2.31. The van der Waals surface area contributed by atoms with Crippen molar-refractivity contribution >= 4 is 17.3 Å². The lowest BCUT2D eigenvalue weighted by Crippen LogP contribution is -1.96. The Balaban J connectivity index is 2.67. The SMILES string of the molecule is N#Cc1scc(C(=O)O)c1-c1cn[nH]c1. The van der Waals surface area contributed by atoms with E-state index in [1.54, 1.807) is 6.20 Å². The molecular weight excluding hydrogens is 214 g/mol. The number of aromatic nitrogens is 2. The fourth-order valence-corrected chi connectivity index (χ4v) is 2.12. The van der Waals surface area contributed by atoms with Gasteiger partial charge in [-0.2, -0.15) is 10.4 Å². The summed E-state index contributed by atoms with van der Waals surface area (Å²) in [4.78, 5) is 11.3. The Morgan fingerprint density at radius 1 is 1.67 bits per heavy atom. The van der Waals surface area contributed by atoms with Crippen LogP contribution in [-0.2, 0) is 0 Å². The summed E-state index contributed by atoms with van der Waals surface area (Å²) in [7, 11) is 0. The Labute approximate surface area is 88.6 Å². The number of thiophene rings is 1. The summed E-state index contributed by atoms with van der Waals surface area (Å²) >= 11 is 1.12. The van der Waals surface area contributed by atoms with Gasteiger partial charge in [-0.25, -0.2) is 4.79 Å². The number of rotatable bonds is 2. The van der Waals surface area contributed by atoms with Gasteiger partial charge in [-0.15, -0.1) is 11.3 Å². The maximum absolute atomic E-state index is 10.9. The van der Waals surface area contributed by atoms with E-state index in [4.69, 9.17) is 10.4 Å². The first kappa shape index (κ1) is 9.43. The van der Waals surface area contributed by atoms with Crippen LogP contribution in [0.2, 0.25) is 0 Å². The van der Waals surface area contributed by atoms with Crippen LogP contribution in [0.5, 0.6) is 0 Å². The third-order valence-electron chi connectivity index (χ3n) is 1.91. The van der Waals surface area contributed by atoms with Gasteiger partial charge in [-0.05, 0) is 0 Å². The predicted octanol–water partition coefficient (Wildman–Crippen LogP) is 1.71. The molecule has 6 heteroatoms. The smallest absolute Gasteiger partial charge is 0.337 e. The number of aromatic amines is 1. The molecule has 0 bridgehead atoms. The van der Waals surface area contributed by atoms with Crippen LogP contribution in [0.3, 0.4) is 0 Å². The summed E-state index contributed by atoms with van der Waals surface area (Å²) in [5.41, 5.74) is 1.19. The number of aromatic carboxylic acids is 1. The van der Waals surface area contributed by atoms with Gasteiger partial charge in [0.15, 0.2) is 0 Å². The summed E-state index contributed by atoms with van der Waals surface area (Å²) in [6.45, 7) is 0. The van der Waals surface area contributed by atoms with Crippen LogP contribution in [0.15, 0.2) is 17.8 Å². The second kappa shape index (κ2) is 3.55. The van der Waals surface area contributed by atoms with Crippen LogP contribution < -0.4 is 0 Å². The number of hydrogen-bond acceptors (Lipinski definition) is 4. The molecule has 0 fully saturated rings. The van der Waals surface area contributed by atoms with Gasteiger partial charge in [0, 0.05) is 22.7 Å². The van der Waals surface area contributed by atoms with Gasteiger partial charge >= 0.3 is 5.97 Å². The number of nitrogens with zero attached hydrogens (tertiary/aromatic N) is 2. The largest absolute Gasteiger partial charge is 0.478 e. The van der Waals surface area contributed by atoms with Crippen molar-refractivity contribution in [3.63, 3.8) is 0 Å². The van der Waals surface area contributed by atoms with Crippen molar-refractivity contribution < 1.29 is 9.90 Å². The number of carbonyl (C=O) groups is 1. The lowest BCUT2D eigenvalue weighted by Gasteiger charge is -1.96. The van der Waals surface area contributed by atoms with Gasteiger partial charge in [0.05, 0.1) is 11.8 Å². The van der Waals surface area contributed by atoms with E-state index in [1.165, 1.54) is 11.6 Å². The summed E-state index contributed by atoms with van der Waals surface area (Å²) in [5.74, 6) is -1.04. The van der Waals surface area contributed by atoms with Gasteiger partial charge in [-0.1, -0.05) is 0 Å². The predicted molar refractivity (Wildman–Crippen MR) is 53.6 cm³/mol. The average molecular weight is 219 g/mol. The van der Waals surface area contributed by atoms with Crippen LogP contribution in [0.1, 0.15) is 15.2 Å². The van der Waals surface area contributed by atoms with Gasteiger partial charge in [0.25, 0.3) is 0 Å². The molecule has 0 saturated carbocycles. The molecule has 2 N–H and O–H groups in total. The van der Waals surface area contributed by atoms with Crippen LogP contribution in [0, 0.1) is 11.3 Å². The minimum absolute atomic E-state index is 0.137.